The summed E-state index contributed by atoms with van der Waals surface area (Å²) in [5, 5.41) is 0. The molecule has 98 valence electrons. The van der Waals surface area contributed by atoms with Crippen LogP contribution in [0.2, 0.25) is 0 Å². The van der Waals surface area contributed by atoms with Crippen LogP contribution in [0.3, 0.4) is 0 Å². The van der Waals surface area contributed by atoms with E-state index in [0.717, 1.165) is 13.0 Å². The summed E-state index contributed by atoms with van der Waals surface area (Å²) in [5.74, 6) is 0. The molecular formula is C15H26O2. The fraction of sp³-hybridized carbons (Fsp3) is 0.600. The van der Waals surface area contributed by atoms with E-state index < -0.39 is 0 Å². The average Bonchev–Trinajstić information content (AvgIpc) is 2.28. The van der Waals surface area contributed by atoms with Crippen LogP contribution in [0.1, 0.15) is 40.2 Å². The molecule has 0 aliphatic heterocycles. The first-order valence-electron chi connectivity index (χ1n) is 5.90. The molecule has 0 radical (unpaired) electrons. The third-order valence-electron chi connectivity index (χ3n) is 2.26. The van der Waals surface area contributed by atoms with Gasteiger partial charge in [-0.15, -0.1) is 0 Å². The molecule has 0 aliphatic carbocycles. The lowest BCUT2D eigenvalue weighted by Crippen LogP contribution is -2.31. The van der Waals surface area contributed by atoms with Crippen molar-refractivity contribution < 1.29 is 9.47 Å². The van der Waals surface area contributed by atoms with Crippen molar-refractivity contribution in [3.8, 4) is 0 Å². The lowest BCUT2D eigenvalue weighted by atomic mass is 10.1. The van der Waals surface area contributed by atoms with E-state index in [1.165, 1.54) is 5.56 Å². The Hall–Kier alpha value is -0.860. The summed E-state index contributed by atoms with van der Waals surface area (Å²) >= 11 is 0. The lowest BCUT2D eigenvalue weighted by molar-refractivity contribution is -0.0786. The van der Waals surface area contributed by atoms with Gasteiger partial charge in [-0.1, -0.05) is 44.7 Å². The fourth-order valence-electron chi connectivity index (χ4n) is 1.41. The highest BCUT2D eigenvalue weighted by molar-refractivity contribution is 5.13. The monoisotopic (exact) mass is 238 g/mol. The zero-order valence-electron chi connectivity index (χ0n) is 10.5. The van der Waals surface area contributed by atoms with Gasteiger partial charge >= 0.3 is 0 Å². The molecule has 0 atom stereocenters. The molecule has 0 aromatic heterocycles. The molecule has 0 spiro atoms. The smallest absolute Gasteiger partial charge is 0.0859 e. The van der Waals surface area contributed by atoms with Gasteiger partial charge < -0.3 is 9.47 Å². The van der Waals surface area contributed by atoms with Gasteiger partial charge in [0, 0.05) is 6.61 Å². The third kappa shape index (κ3) is 7.14. The van der Waals surface area contributed by atoms with Gasteiger partial charge in [0.05, 0.1) is 18.8 Å². The van der Waals surface area contributed by atoms with E-state index in [2.05, 4.69) is 32.9 Å². The molecule has 0 unspecified atom stereocenters. The van der Waals surface area contributed by atoms with Gasteiger partial charge in [-0.05, 0) is 25.8 Å². The van der Waals surface area contributed by atoms with E-state index in [0.29, 0.717) is 13.2 Å². The maximum absolute atomic E-state index is 5.69. The standard InChI is InChI=1S/C14H22O2.CH4/c1-4-10-16-14(2,3)12-15-11-13-8-6-5-7-9-13;/h5-9H,4,10-12H2,1-3H3;1H4. The van der Waals surface area contributed by atoms with Crippen LogP contribution in [0.15, 0.2) is 30.3 Å². The minimum Gasteiger partial charge on any atom is -0.374 e. The molecule has 2 nitrogen and oxygen atoms in total. The van der Waals surface area contributed by atoms with Gasteiger partial charge in [0.25, 0.3) is 0 Å². The van der Waals surface area contributed by atoms with Crippen LogP contribution in [-0.2, 0) is 16.1 Å². The zero-order valence-corrected chi connectivity index (χ0v) is 10.5. The number of ether oxygens (including phenoxy) is 2. The molecule has 1 rings (SSSR count). The summed E-state index contributed by atoms with van der Waals surface area (Å²) in [6, 6.07) is 10.2. The Morgan fingerprint density at radius 2 is 1.76 bits per heavy atom. The summed E-state index contributed by atoms with van der Waals surface area (Å²) < 4.78 is 11.3. The van der Waals surface area contributed by atoms with Crippen LogP contribution >= 0.6 is 0 Å². The summed E-state index contributed by atoms with van der Waals surface area (Å²) in [5.41, 5.74) is 1.01. The molecule has 0 fully saturated rings. The Labute approximate surface area is 106 Å². The highest BCUT2D eigenvalue weighted by Crippen LogP contribution is 2.11. The van der Waals surface area contributed by atoms with E-state index in [1.54, 1.807) is 0 Å². The fourth-order valence-corrected chi connectivity index (χ4v) is 1.41. The Morgan fingerprint density at radius 3 is 2.35 bits per heavy atom. The lowest BCUT2D eigenvalue weighted by Gasteiger charge is -2.24. The maximum Gasteiger partial charge on any atom is 0.0859 e. The van der Waals surface area contributed by atoms with Crippen molar-refractivity contribution in [3.63, 3.8) is 0 Å². The van der Waals surface area contributed by atoms with Crippen LogP contribution in [0, 0.1) is 0 Å². The van der Waals surface area contributed by atoms with E-state index in [9.17, 15) is 0 Å². The van der Waals surface area contributed by atoms with Crippen molar-refractivity contribution in [2.24, 2.45) is 0 Å². The van der Waals surface area contributed by atoms with Gasteiger partial charge in [-0.2, -0.15) is 0 Å². The van der Waals surface area contributed by atoms with E-state index in [1.807, 2.05) is 18.2 Å². The summed E-state index contributed by atoms with van der Waals surface area (Å²) in [6.45, 7) is 8.31. The van der Waals surface area contributed by atoms with Crippen molar-refractivity contribution in [1.29, 1.82) is 0 Å². The normalized spacial score (nSPS) is 11.0. The van der Waals surface area contributed by atoms with Crippen LogP contribution < -0.4 is 0 Å². The summed E-state index contributed by atoms with van der Waals surface area (Å²) in [7, 11) is 0. The average molecular weight is 238 g/mol. The first-order chi connectivity index (χ1) is 7.64. The topological polar surface area (TPSA) is 18.5 Å². The first-order valence-corrected chi connectivity index (χ1v) is 5.90. The largest absolute Gasteiger partial charge is 0.374 e. The molecule has 2 heteroatoms. The van der Waals surface area contributed by atoms with Crippen LogP contribution in [0.5, 0.6) is 0 Å². The molecule has 17 heavy (non-hydrogen) atoms. The van der Waals surface area contributed by atoms with Crippen LogP contribution in [0.4, 0.5) is 0 Å². The molecule has 0 saturated carbocycles. The van der Waals surface area contributed by atoms with E-state index >= 15 is 0 Å². The van der Waals surface area contributed by atoms with Gasteiger partial charge in [-0.25, -0.2) is 0 Å². The summed E-state index contributed by atoms with van der Waals surface area (Å²) in [6.07, 6.45) is 1.04. The highest BCUT2D eigenvalue weighted by atomic mass is 16.5. The maximum atomic E-state index is 5.69. The third-order valence-corrected chi connectivity index (χ3v) is 2.26. The van der Waals surface area contributed by atoms with Gasteiger partial charge in [-0.3, -0.25) is 0 Å². The Balaban J connectivity index is 0.00000256. The number of rotatable bonds is 7. The minimum atomic E-state index is -0.190. The van der Waals surface area contributed by atoms with E-state index in [-0.39, 0.29) is 13.0 Å². The van der Waals surface area contributed by atoms with Gasteiger partial charge in [0.15, 0.2) is 0 Å². The molecule has 0 heterocycles. The number of hydrogen-bond donors (Lipinski definition) is 0. The molecule has 0 bridgehead atoms. The molecular weight excluding hydrogens is 212 g/mol. The van der Waals surface area contributed by atoms with Crippen LogP contribution in [-0.4, -0.2) is 18.8 Å². The number of benzene rings is 1. The Morgan fingerprint density at radius 1 is 1.12 bits per heavy atom. The second-order valence-corrected chi connectivity index (χ2v) is 4.59. The van der Waals surface area contributed by atoms with E-state index in [4.69, 9.17) is 9.47 Å². The van der Waals surface area contributed by atoms with Crippen molar-refractivity contribution in [1.82, 2.24) is 0 Å². The minimum absolute atomic E-state index is 0. The molecule has 1 aromatic rings. The molecule has 0 aliphatic rings. The van der Waals surface area contributed by atoms with Crippen molar-refractivity contribution in [2.45, 2.75) is 46.8 Å². The van der Waals surface area contributed by atoms with Crippen molar-refractivity contribution >= 4 is 0 Å². The quantitative estimate of drug-likeness (QED) is 0.713. The second kappa shape index (κ2) is 8.26. The second-order valence-electron chi connectivity index (χ2n) is 4.59. The summed E-state index contributed by atoms with van der Waals surface area (Å²) in [4.78, 5) is 0. The Bertz CT molecular complexity index is 280. The number of hydrogen-bond acceptors (Lipinski definition) is 2. The van der Waals surface area contributed by atoms with Crippen molar-refractivity contribution in [3.05, 3.63) is 35.9 Å². The van der Waals surface area contributed by atoms with Gasteiger partial charge in [0.1, 0.15) is 0 Å². The molecule has 0 saturated heterocycles. The van der Waals surface area contributed by atoms with Crippen LogP contribution in [0.25, 0.3) is 0 Å². The predicted octanol–water partition coefficient (Wildman–Crippen LogP) is 4.04. The SMILES string of the molecule is C.CCCOC(C)(C)COCc1ccccc1. The molecule has 0 amide bonds. The molecule has 0 N–H and O–H groups in total. The zero-order chi connectivity index (χ0) is 11.9. The van der Waals surface area contributed by atoms with Crippen molar-refractivity contribution in [2.75, 3.05) is 13.2 Å². The first kappa shape index (κ1) is 16.1. The highest BCUT2D eigenvalue weighted by Gasteiger charge is 2.17. The predicted molar refractivity (Wildman–Crippen MR) is 73.2 cm³/mol. The van der Waals surface area contributed by atoms with Gasteiger partial charge in [0.2, 0.25) is 0 Å². The Kier molecular flexibility index (Phi) is 7.85. The molecule has 1 aromatic carbocycles.